The molecule has 0 heterocycles. The fraction of sp³-hybridized carbons (Fsp3) is 0.111. The van der Waals surface area contributed by atoms with E-state index in [1.165, 1.54) is 0 Å². The number of carbonyl (C=O) groups excluding carboxylic acids is 1. The summed E-state index contributed by atoms with van der Waals surface area (Å²) in [6.07, 6.45) is 0. The Morgan fingerprint density at radius 2 is 1.87 bits per heavy atom. The summed E-state index contributed by atoms with van der Waals surface area (Å²) in [4.78, 5) is 10.5. The van der Waals surface area contributed by atoms with Gasteiger partial charge in [-0.1, -0.05) is 12.1 Å². The third-order valence-corrected chi connectivity index (χ3v) is 1.79. The fourth-order valence-corrected chi connectivity index (χ4v) is 1.16. The number of hydrogen-bond donors (Lipinski definition) is 4. The van der Waals surface area contributed by atoms with Gasteiger partial charge in [0.2, 0.25) is 0 Å². The predicted molar refractivity (Wildman–Crippen MR) is 63.3 cm³/mol. The number of hydrogen-bond acceptors (Lipinski definition) is 2. The van der Waals surface area contributed by atoms with Gasteiger partial charge >= 0.3 is 6.03 Å². The topological polar surface area (TPSA) is 93.2 Å². The van der Waals surface area contributed by atoms with Gasteiger partial charge in [-0.05, 0) is 29.9 Å². The number of rotatable bonds is 3. The van der Waals surface area contributed by atoms with E-state index in [2.05, 4.69) is 22.9 Å². The van der Waals surface area contributed by atoms with Crippen LogP contribution in [-0.4, -0.2) is 11.1 Å². The Morgan fingerprint density at radius 1 is 1.27 bits per heavy atom. The summed E-state index contributed by atoms with van der Waals surface area (Å²) in [5.41, 5.74) is 12.0. The van der Waals surface area contributed by atoms with Crippen LogP contribution in [0.5, 0.6) is 0 Å². The van der Waals surface area contributed by atoms with Crippen LogP contribution < -0.4 is 22.1 Å². The Hall–Kier alpha value is -1.82. The second-order valence-electron chi connectivity index (χ2n) is 2.90. The molecule has 1 rings (SSSR count). The Kier molecular flexibility index (Phi) is 3.87. The van der Waals surface area contributed by atoms with Gasteiger partial charge in [-0.15, -0.1) is 0 Å². The third-order valence-electron chi connectivity index (χ3n) is 1.69. The van der Waals surface area contributed by atoms with Gasteiger partial charge in [0.05, 0.1) is 0 Å². The molecule has 0 saturated carbocycles. The summed E-state index contributed by atoms with van der Waals surface area (Å²) >= 11 is 4.69. The van der Waals surface area contributed by atoms with Gasteiger partial charge in [0, 0.05) is 12.2 Å². The minimum absolute atomic E-state index is 0.220. The van der Waals surface area contributed by atoms with Gasteiger partial charge in [0.25, 0.3) is 0 Å². The smallest absolute Gasteiger partial charge is 0.312 e. The van der Waals surface area contributed by atoms with Crippen molar-refractivity contribution in [2.45, 2.75) is 6.54 Å². The number of carbonyl (C=O) groups is 1. The summed E-state index contributed by atoms with van der Waals surface area (Å²) in [6.45, 7) is 0.405. The van der Waals surface area contributed by atoms with Crippen LogP contribution in [0.3, 0.4) is 0 Å². The van der Waals surface area contributed by atoms with E-state index < -0.39 is 6.03 Å². The van der Waals surface area contributed by atoms with Crippen molar-refractivity contribution in [3.8, 4) is 0 Å². The molecule has 0 aromatic heterocycles. The van der Waals surface area contributed by atoms with Crippen LogP contribution in [0.25, 0.3) is 0 Å². The molecule has 0 saturated heterocycles. The molecule has 15 heavy (non-hydrogen) atoms. The van der Waals surface area contributed by atoms with E-state index in [1.807, 2.05) is 24.3 Å². The zero-order valence-electron chi connectivity index (χ0n) is 7.99. The molecule has 0 unspecified atom stereocenters. The molecular weight excluding hydrogens is 212 g/mol. The van der Waals surface area contributed by atoms with E-state index in [1.54, 1.807) is 0 Å². The quantitative estimate of drug-likeness (QED) is 0.563. The van der Waals surface area contributed by atoms with Gasteiger partial charge in [-0.3, -0.25) is 0 Å². The van der Waals surface area contributed by atoms with Crippen LogP contribution in [0.15, 0.2) is 24.3 Å². The maximum Gasteiger partial charge on any atom is 0.312 e. The van der Waals surface area contributed by atoms with Gasteiger partial charge in [-0.25, -0.2) is 4.79 Å². The number of amides is 2. The molecule has 0 aliphatic heterocycles. The predicted octanol–water partition coefficient (Wildman–Crippen LogP) is 0.510. The average Bonchev–Trinajstić information content (AvgIpc) is 2.16. The second-order valence-corrected chi connectivity index (χ2v) is 3.34. The summed E-state index contributed by atoms with van der Waals surface area (Å²) < 4.78 is 0. The molecule has 0 spiro atoms. The Morgan fingerprint density at radius 3 is 2.33 bits per heavy atom. The van der Waals surface area contributed by atoms with Crippen molar-refractivity contribution in [1.29, 1.82) is 0 Å². The van der Waals surface area contributed by atoms with E-state index in [0.717, 1.165) is 11.3 Å². The Balaban J connectivity index is 2.56. The molecule has 0 fully saturated rings. The second kappa shape index (κ2) is 5.16. The van der Waals surface area contributed by atoms with Crippen molar-refractivity contribution in [3.05, 3.63) is 29.8 Å². The highest BCUT2D eigenvalue weighted by atomic mass is 32.1. The summed E-state index contributed by atoms with van der Waals surface area (Å²) in [5.74, 6) is 0. The van der Waals surface area contributed by atoms with Crippen LogP contribution in [0.4, 0.5) is 10.5 Å². The molecule has 6 N–H and O–H groups in total. The maximum atomic E-state index is 10.5. The van der Waals surface area contributed by atoms with Gasteiger partial charge in [0.15, 0.2) is 5.11 Å². The van der Waals surface area contributed by atoms with Crippen LogP contribution in [0, 0.1) is 0 Å². The molecule has 1 aromatic rings. The molecule has 5 nitrogen and oxygen atoms in total. The highest BCUT2D eigenvalue weighted by Gasteiger charge is 1.96. The lowest BCUT2D eigenvalue weighted by Crippen LogP contribution is -2.28. The number of primary amides is 1. The number of nitrogens with two attached hydrogens (primary N) is 2. The zero-order valence-corrected chi connectivity index (χ0v) is 8.80. The fourth-order valence-electron chi connectivity index (χ4n) is 1.04. The number of thiocarbonyl (C=S) groups is 1. The average molecular weight is 224 g/mol. The van der Waals surface area contributed by atoms with E-state index in [4.69, 9.17) is 11.5 Å². The normalized spacial score (nSPS) is 9.33. The van der Waals surface area contributed by atoms with Crippen molar-refractivity contribution in [2.24, 2.45) is 11.5 Å². The van der Waals surface area contributed by atoms with Crippen molar-refractivity contribution < 1.29 is 4.79 Å². The van der Waals surface area contributed by atoms with Gasteiger partial charge in [-0.2, -0.15) is 0 Å². The van der Waals surface area contributed by atoms with Gasteiger partial charge < -0.3 is 22.1 Å². The first-order chi connectivity index (χ1) is 7.08. The minimum atomic E-state index is -0.541. The highest BCUT2D eigenvalue weighted by Crippen LogP contribution is 2.08. The zero-order chi connectivity index (χ0) is 11.3. The maximum absolute atomic E-state index is 10.5. The molecule has 0 bridgehead atoms. The van der Waals surface area contributed by atoms with Gasteiger partial charge in [0.1, 0.15) is 0 Å². The van der Waals surface area contributed by atoms with Crippen LogP contribution in [0.2, 0.25) is 0 Å². The number of nitrogens with one attached hydrogen (secondary N) is 2. The molecule has 2 amide bonds. The number of urea groups is 1. The standard InChI is InChI=1S/C9H12N4OS/c10-8(14)12-5-6-1-3-7(4-2-6)13-9(11)15/h1-4H,5H2,(H3,10,12,14)(H3,11,13,15). The largest absolute Gasteiger partial charge is 0.376 e. The van der Waals surface area contributed by atoms with Crippen LogP contribution in [-0.2, 0) is 6.54 Å². The van der Waals surface area contributed by atoms with E-state index in [-0.39, 0.29) is 5.11 Å². The molecule has 0 radical (unpaired) electrons. The first-order valence-corrected chi connectivity index (χ1v) is 4.67. The van der Waals surface area contributed by atoms with E-state index in [0.29, 0.717) is 6.54 Å². The molecule has 80 valence electrons. The van der Waals surface area contributed by atoms with Crippen molar-refractivity contribution in [2.75, 3.05) is 5.32 Å². The summed E-state index contributed by atoms with van der Waals surface area (Å²) in [5, 5.41) is 5.50. The summed E-state index contributed by atoms with van der Waals surface area (Å²) in [6, 6.07) is 6.78. The lowest BCUT2D eigenvalue weighted by Gasteiger charge is -2.05. The molecule has 6 heteroatoms. The van der Waals surface area contributed by atoms with Crippen molar-refractivity contribution in [1.82, 2.24) is 5.32 Å². The monoisotopic (exact) mass is 224 g/mol. The number of benzene rings is 1. The molecule has 0 aliphatic rings. The lowest BCUT2D eigenvalue weighted by molar-refractivity contribution is 0.248. The van der Waals surface area contributed by atoms with Crippen molar-refractivity contribution >= 4 is 29.0 Å². The molecular formula is C9H12N4OS. The van der Waals surface area contributed by atoms with E-state index >= 15 is 0 Å². The first kappa shape index (κ1) is 11.3. The van der Waals surface area contributed by atoms with Crippen molar-refractivity contribution in [3.63, 3.8) is 0 Å². The van der Waals surface area contributed by atoms with E-state index in [9.17, 15) is 4.79 Å². The summed E-state index contributed by atoms with van der Waals surface area (Å²) in [7, 11) is 0. The lowest BCUT2D eigenvalue weighted by atomic mass is 10.2. The Labute approximate surface area is 92.8 Å². The first-order valence-electron chi connectivity index (χ1n) is 4.26. The molecule has 0 atom stereocenters. The molecule has 1 aromatic carbocycles. The Bertz CT molecular complexity index is 363. The van der Waals surface area contributed by atoms with Crippen LogP contribution >= 0.6 is 12.2 Å². The van der Waals surface area contributed by atoms with Crippen LogP contribution in [0.1, 0.15) is 5.56 Å². The third kappa shape index (κ3) is 4.28. The number of anilines is 1. The highest BCUT2D eigenvalue weighted by molar-refractivity contribution is 7.80. The minimum Gasteiger partial charge on any atom is -0.376 e. The SMILES string of the molecule is NC(=O)NCc1ccc(NC(N)=S)cc1. The molecule has 0 aliphatic carbocycles.